The first-order valence-corrected chi connectivity index (χ1v) is 5.08. The molecule has 0 saturated carbocycles. The van der Waals surface area contributed by atoms with Crippen molar-refractivity contribution in [1.82, 2.24) is 4.98 Å². The standard InChI is InChI=1S/C12H11NOS/c1-9-6-10(8-11(15)7-9)14-12-4-2-3-5-13-12/h2-8,15H,1H3. The maximum atomic E-state index is 5.58. The SMILES string of the molecule is Cc1cc(S)cc(Oc2ccccn2)c1. The van der Waals surface area contributed by atoms with E-state index < -0.39 is 0 Å². The van der Waals surface area contributed by atoms with E-state index in [1.54, 1.807) is 6.20 Å². The number of pyridine rings is 1. The van der Waals surface area contributed by atoms with Crippen molar-refractivity contribution in [3.8, 4) is 11.6 Å². The predicted octanol–water partition coefficient (Wildman–Crippen LogP) is 3.47. The third-order valence-electron chi connectivity index (χ3n) is 1.90. The summed E-state index contributed by atoms with van der Waals surface area (Å²) in [5, 5.41) is 0. The van der Waals surface area contributed by atoms with E-state index in [1.165, 1.54) is 0 Å². The van der Waals surface area contributed by atoms with Gasteiger partial charge in [-0.25, -0.2) is 4.98 Å². The summed E-state index contributed by atoms with van der Waals surface area (Å²) in [7, 11) is 0. The van der Waals surface area contributed by atoms with Gasteiger partial charge in [0, 0.05) is 17.2 Å². The minimum absolute atomic E-state index is 0.593. The molecule has 1 heterocycles. The lowest BCUT2D eigenvalue weighted by Gasteiger charge is -2.05. The molecule has 0 radical (unpaired) electrons. The summed E-state index contributed by atoms with van der Waals surface area (Å²) in [6, 6.07) is 11.4. The molecule has 3 heteroatoms. The van der Waals surface area contributed by atoms with Crippen molar-refractivity contribution < 1.29 is 4.74 Å². The Morgan fingerprint density at radius 3 is 2.73 bits per heavy atom. The molecule has 0 aliphatic heterocycles. The minimum atomic E-state index is 0.593. The number of aryl methyl sites for hydroxylation is 1. The normalized spacial score (nSPS) is 10.0. The van der Waals surface area contributed by atoms with Crippen LogP contribution in [0.2, 0.25) is 0 Å². The minimum Gasteiger partial charge on any atom is -0.439 e. The van der Waals surface area contributed by atoms with Crippen LogP contribution in [0.3, 0.4) is 0 Å². The first kappa shape index (κ1) is 10.1. The lowest BCUT2D eigenvalue weighted by atomic mass is 10.2. The third kappa shape index (κ3) is 2.73. The second kappa shape index (κ2) is 4.36. The van der Waals surface area contributed by atoms with Gasteiger partial charge in [-0.2, -0.15) is 0 Å². The fourth-order valence-corrected chi connectivity index (χ4v) is 1.65. The molecule has 0 aliphatic rings. The van der Waals surface area contributed by atoms with Gasteiger partial charge in [0.05, 0.1) is 0 Å². The van der Waals surface area contributed by atoms with Crippen molar-refractivity contribution in [2.24, 2.45) is 0 Å². The maximum Gasteiger partial charge on any atom is 0.219 e. The summed E-state index contributed by atoms with van der Waals surface area (Å²) in [6.45, 7) is 2.00. The Morgan fingerprint density at radius 2 is 2.07 bits per heavy atom. The van der Waals surface area contributed by atoms with E-state index >= 15 is 0 Å². The topological polar surface area (TPSA) is 22.1 Å². The van der Waals surface area contributed by atoms with Crippen LogP contribution >= 0.6 is 12.6 Å². The summed E-state index contributed by atoms with van der Waals surface area (Å²) in [5.74, 6) is 1.36. The number of hydrogen-bond acceptors (Lipinski definition) is 3. The molecule has 0 spiro atoms. The van der Waals surface area contributed by atoms with E-state index in [9.17, 15) is 0 Å². The van der Waals surface area contributed by atoms with Crippen molar-refractivity contribution in [2.45, 2.75) is 11.8 Å². The van der Waals surface area contributed by atoms with Gasteiger partial charge in [-0.05, 0) is 36.8 Å². The molecule has 0 amide bonds. The third-order valence-corrected chi connectivity index (χ3v) is 2.15. The van der Waals surface area contributed by atoms with E-state index in [2.05, 4.69) is 17.6 Å². The number of rotatable bonds is 2. The highest BCUT2D eigenvalue weighted by atomic mass is 32.1. The van der Waals surface area contributed by atoms with Crippen molar-refractivity contribution >= 4 is 12.6 Å². The van der Waals surface area contributed by atoms with Crippen LogP contribution in [0.4, 0.5) is 0 Å². The smallest absolute Gasteiger partial charge is 0.219 e. The van der Waals surface area contributed by atoms with Gasteiger partial charge < -0.3 is 4.74 Å². The van der Waals surface area contributed by atoms with Gasteiger partial charge in [0.25, 0.3) is 0 Å². The fourth-order valence-electron chi connectivity index (χ4n) is 1.32. The lowest BCUT2D eigenvalue weighted by Crippen LogP contribution is -1.87. The second-order valence-electron chi connectivity index (χ2n) is 3.27. The van der Waals surface area contributed by atoms with Crippen LogP contribution in [0.5, 0.6) is 11.6 Å². The van der Waals surface area contributed by atoms with Crippen LogP contribution in [-0.2, 0) is 0 Å². The van der Waals surface area contributed by atoms with Gasteiger partial charge in [-0.1, -0.05) is 6.07 Å². The number of benzene rings is 1. The average Bonchev–Trinajstić information content (AvgIpc) is 2.17. The van der Waals surface area contributed by atoms with Crippen molar-refractivity contribution in [3.05, 3.63) is 48.2 Å². The highest BCUT2D eigenvalue weighted by Gasteiger charge is 1.99. The lowest BCUT2D eigenvalue weighted by molar-refractivity contribution is 0.461. The second-order valence-corrected chi connectivity index (χ2v) is 3.79. The van der Waals surface area contributed by atoms with Crippen LogP contribution in [0, 0.1) is 6.92 Å². The van der Waals surface area contributed by atoms with Gasteiger partial charge in [-0.3, -0.25) is 0 Å². The molecule has 2 nitrogen and oxygen atoms in total. The van der Waals surface area contributed by atoms with Gasteiger partial charge in [-0.15, -0.1) is 12.6 Å². The highest BCUT2D eigenvalue weighted by Crippen LogP contribution is 2.23. The van der Waals surface area contributed by atoms with Crippen LogP contribution in [0.15, 0.2) is 47.5 Å². The monoisotopic (exact) mass is 217 g/mol. The van der Waals surface area contributed by atoms with E-state index in [-0.39, 0.29) is 0 Å². The Labute approximate surface area is 94.3 Å². The number of aromatic nitrogens is 1. The molecule has 0 fully saturated rings. The van der Waals surface area contributed by atoms with E-state index in [1.807, 2.05) is 43.3 Å². The van der Waals surface area contributed by atoms with Crippen molar-refractivity contribution in [1.29, 1.82) is 0 Å². The molecule has 0 aliphatic carbocycles. The number of thiol groups is 1. The number of hydrogen-bond donors (Lipinski definition) is 1. The zero-order valence-corrected chi connectivity index (χ0v) is 9.24. The van der Waals surface area contributed by atoms with Crippen molar-refractivity contribution in [3.63, 3.8) is 0 Å². The van der Waals surface area contributed by atoms with Crippen LogP contribution in [-0.4, -0.2) is 4.98 Å². The maximum absolute atomic E-state index is 5.58. The Hall–Kier alpha value is -1.48. The quantitative estimate of drug-likeness (QED) is 0.778. The molecule has 15 heavy (non-hydrogen) atoms. The first-order chi connectivity index (χ1) is 7.24. The van der Waals surface area contributed by atoms with E-state index in [0.29, 0.717) is 5.88 Å². The predicted molar refractivity (Wildman–Crippen MR) is 62.7 cm³/mol. The van der Waals surface area contributed by atoms with Crippen molar-refractivity contribution in [2.75, 3.05) is 0 Å². The van der Waals surface area contributed by atoms with E-state index in [4.69, 9.17) is 4.74 Å². The molecular formula is C12H11NOS. The summed E-state index contributed by atoms with van der Waals surface area (Å²) in [5.41, 5.74) is 1.12. The zero-order chi connectivity index (χ0) is 10.7. The molecular weight excluding hydrogens is 206 g/mol. The van der Waals surface area contributed by atoms with E-state index in [0.717, 1.165) is 16.2 Å². The summed E-state index contributed by atoms with van der Waals surface area (Å²) >= 11 is 4.29. The molecule has 0 atom stereocenters. The molecule has 0 saturated heterocycles. The Balaban J connectivity index is 2.25. The molecule has 1 aromatic heterocycles. The molecule has 0 unspecified atom stereocenters. The van der Waals surface area contributed by atoms with Gasteiger partial charge >= 0.3 is 0 Å². The largest absolute Gasteiger partial charge is 0.439 e. The molecule has 2 aromatic rings. The Morgan fingerprint density at radius 1 is 1.20 bits per heavy atom. The van der Waals surface area contributed by atoms with Crippen LogP contribution in [0.1, 0.15) is 5.56 Å². The molecule has 76 valence electrons. The average molecular weight is 217 g/mol. The molecule has 2 rings (SSSR count). The summed E-state index contributed by atoms with van der Waals surface area (Å²) < 4.78 is 5.58. The Kier molecular flexibility index (Phi) is 2.92. The molecule has 0 N–H and O–H groups in total. The first-order valence-electron chi connectivity index (χ1n) is 4.63. The van der Waals surface area contributed by atoms with Crippen LogP contribution in [0.25, 0.3) is 0 Å². The van der Waals surface area contributed by atoms with Gasteiger partial charge in [0.2, 0.25) is 5.88 Å². The zero-order valence-electron chi connectivity index (χ0n) is 8.34. The fraction of sp³-hybridized carbons (Fsp3) is 0.0833. The molecule has 1 aromatic carbocycles. The summed E-state index contributed by atoms with van der Waals surface area (Å²) in [6.07, 6.45) is 1.70. The highest BCUT2D eigenvalue weighted by molar-refractivity contribution is 7.80. The Bertz CT molecular complexity index is 436. The number of ether oxygens (including phenoxy) is 1. The van der Waals surface area contributed by atoms with Gasteiger partial charge in [0.15, 0.2) is 0 Å². The summed E-state index contributed by atoms with van der Waals surface area (Å²) in [4.78, 5) is 4.98. The number of nitrogens with zero attached hydrogens (tertiary/aromatic N) is 1. The van der Waals surface area contributed by atoms with Crippen LogP contribution < -0.4 is 4.74 Å². The molecule has 0 bridgehead atoms. The van der Waals surface area contributed by atoms with Gasteiger partial charge in [0.1, 0.15) is 5.75 Å².